The average Bonchev–Trinajstić information content (AvgIpc) is 2.24. The first-order valence-corrected chi connectivity index (χ1v) is 8.09. The minimum absolute atomic E-state index is 0.0130. The summed E-state index contributed by atoms with van der Waals surface area (Å²) in [6, 6.07) is 0.0130. The van der Waals surface area contributed by atoms with Gasteiger partial charge in [0, 0.05) is 12.6 Å². The van der Waals surface area contributed by atoms with E-state index in [2.05, 4.69) is 23.9 Å². The molecule has 0 aliphatic heterocycles. The van der Waals surface area contributed by atoms with Crippen LogP contribution in [0.4, 0.5) is 0 Å². The fourth-order valence-electron chi connectivity index (χ4n) is 1.67. The van der Waals surface area contributed by atoms with Gasteiger partial charge in [0.2, 0.25) is 10.0 Å². The van der Waals surface area contributed by atoms with E-state index in [9.17, 15) is 8.42 Å². The third-order valence-electron chi connectivity index (χ3n) is 3.03. The number of hydrogen-bond donors (Lipinski definition) is 2. The van der Waals surface area contributed by atoms with Crippen molar-refractivity contribution in [2.45, 2.75) is 58.8 Å². The van der Waals surface area contributed by atoms with Crippen LogP contribution in [0.1, 0.15) is 47.5 Å². The first-order chi connectivity index (χ1) is 7.83. The van der Waals surface area contributed by atoms with Gasteiger partial charge in [-0.25, -0.2) is 13.1 Å². The third-order valence-corrected chi connectivity index (χ3v) is 4.99. The van der Waals surface area contributed by atoms with E-state index in [0.717, 1.165) is 19.4 Å². The maximum atomic E-state index is 12.0. The van der Waals surface area contributed by atoms with Gasteiger partial charge >= 0.3 is 0 Å². The zero-order chi connectivity index (χ0) is 13.5. The quantitative estimate of drug-likeness (QED) is 0.667. The van der Waals surface area contributed by atoms with Gasteiger partial charge in [-0.3, -0.25) is 0 Å². The Hall–Kier alpha value is -0.130. The van der Waals surface area contributed by atoms with Crippen LogP contribution in [0.5, 0.6) is 0 Å². The Balaban J connectivity index is 4.24. The molecule has 0 heterocycles. The van der Waals surface area contributed by atoms with E-state index in [-0.39, 0.29) is 11.3 Å². The molecule has 2 N–H and O–H groups in total. The molecule has 0 radical (unpaired) electrons. The van der Waals surface area contributed by atoms with E-state index in [0.29, 0.717) is 12.5 Å². The van der Waals surface area contributed by atoms with Crippen molar-refractivity contribution in [3.05, 3.63) is 0 Å². The van der Waals surface area contributed by atoms with Gasteiger partial charge in [-0.1, -0.05) is 27.2 Å². The summed E-state index contributed by atoms with van der Waals surface area (Å²) in [5, 5.41) is 2.67. The van der Waals surface area contributed by atoms with Crippen LogP contribution < -0.4 is 10.0 Å². The molecule has 4 nitrogen and oxygen atoms in total. The summed E-state index contributed by atoms with van der Waals surface area (Å²) in [6.45, 7) is 11.2. The number of rotatable bonds is 9. The Morgan fingerprint density at radius 3 is 2.18 bits per heavy atom. The smallest absolute Gasteiger partial charge is 0.215 e. The molecule has 0 aromatic rings. The molecule has 3 unspecified atom stereocenters. The van der Waals surface area contributed by atoms with Gasteiger partial charge in [0.05, 0.1) is 5.25 Å². The highest BCUT2D eigenvalue weighted by molar-refractivity contribution is 7.90. The molecule has 0 aromatic carbocycles. The number of sulfonamides is 1. The van der Waals surface area contributed by atoms with Gasteiger partial charge in [-0.15, -0.1) is 0 Å². The van der Waals surface area contributed by atoms with Crippen LogP contribution in [0.15, 0.2) is 0 Å². The minimum Gasteiger partial charge on any atom is -0.316 e. The van der Waals surface area contributed by atoms with Gasteiger partial charge < -0.3 is 5.32 Å². The SMILES string of the molecule is CCNCC(C)S(=O)(=O)NC(C)CC(C)CC. The maximum Gasteiger partial charge on any atom is 0.215 e. The molecule has 0 bridgehead atoms. The fraction of sp³-hybridized carbons (Fsp3) is 1.00. The summed E-state index contributed by atoms with van der Waals surface area (Å²) in [5.41, 5.74) is 0. The molecule has 0 aliphatic carbocycles. The van der Waals surface area contributed by atoms with Crippen molar-refractivity contribution >= 4 is 10.0 Å². The van der Waals surface area contributed by atoms with Crippen molar-refractivity contribution in [1.29, 1.82) is 0 Å². The third kappa shape index (κ3) is 7.01. The lowest BCUT2D eigenvalue weighted by Crippen LogP contribution is -2.43. The molecule has 0 rings (SSSR count). The van der Waals surface area contributed by atoms with Gasteiger partial charge in [-0.2, -0.15) is 0 Å². The van der Waals surface area contributed by atoms with Crippen LogP contribution in [-0.2, 0) is 10.0 Å². The topological polar surface area (TPSA) is 58.2 Å². The Morgan fingerprint density at radius 1 is 1.12 bits per heavy atom. The molecule has 0 saturated heterocycles. The zero-order valence-electron chi connectivity index (χ0n) is 11.8. The monoisotopic (exact) mass is 264 g/mol. The van der Waals surface area contributed by atoms with Crippen LogP contribution >= 0.6 is 0 Å². The van der Waals surface area contributed by atoms with Gasteiger partial charge in [0.1, 0.15) is 0 Å². The van der Waals surface area contributed by atoms with Crippen LogP contribution in [-0.4, -0.2) is 32.8 Å². The average molecular weight is 264 g/mol. The molecule has 0 saturated carbocycles. The number of nitrogens with one attached hydrogen (secondary N) is 2. The molecular formula is C12H28N2O2S. The first-order valence-electron chi connectivity index (χ1n) is 6.55. The lowest BCUT2D eigenvalue weighted by Gasteiger charge is -2.20. The molecule has 3 atom stereocenters. The van der Waals surface area contributed by atoms with E-state index in [1.165, 1.54) is 0 Å². The maximum absolute atomic E-state index is 12.0. The van der Waals surface area contributed by atoms with Crippen LogP contribution in [0, 0.1) is 5.92 Å². The van der Waals surface area contributed by atoms with Crippen molar-refractivity contribution < 1.29 is 8.42 Å². The lowest BCUT2D eigenvalue weighted by molar-refractivity contribution is 0.443. The highest BCUT2D eigenvalue weighted by Crippen LogP contribution is 2.11. The summed E-state index contributed by atoms with van der Waals surface area (Å²) < 4.78 is 26.7. The molecule has 17 heavy (non-hydrogen) atoms. The normalized spacial score (nSPS) is 17.7. The van der Waals surface area contributed by atoms with Crippen molar-refractivity contribution in [2.75, 3.05) is 13.1 Å². The van der Waals surface area contributed by atoms with Crippen LogP contribution in [0.2, 0.25) is 0 Å². The zero-order valence-corrected chi connectivity index (χ0v) is 12.6. The summed E-state index contributed by atoms with van der Waals surface area (Å²) in [5.74, 6) is 0.553. The second-order valence-electron chi connectivity index (χ2n) is 4.93. The van der Waals surface area contributed by atoms with Crippen molar-refractivity contribution in [2.24, 2.45) is 5.92 Å². The Bertz CT molecular complexity index is 291. The van der Waals surface area contributed by atoms with Crippen LogP contribution in [0.3, 0.4) is 0 Å². The Labute approximate surface area is 107 Å². The molecule has 0 spiro atoms. The lowest BCUT2D eigenvalue weighted by atomic mass is 10.0. The van der Waals surface area contributed by atoms with Crippen molar-refractivity contribution in [1.82, 2.24) is 10.0 Å². The Kier molecular flexibility index (Phi) is 8.00. The fourth-order valence-corrected chi connectivity index (χ4v) is 2.90. The second kappa shape index (κ2) is 8.06. The summed E-state index contributed by atoms with van der Waals surface area (Å²) in [4.78, 5) is 0. The molecule has 0 aromatic heterocycles. The largest absolute Gasteiger partial charge is 0.316 e. The van der Waals surface area contributed by atoms with E-state index >= 15 is 0 Å². The van der Waals surface area contributed by atoms with Gasteiger partial charge in [-0.05, 0) is 32.7 Å². The van der Waals surface area contributed by atoms with Crippen molar-refractivity contribution in [3.63, 3.8) is 0 Å². The standard InChI is InChI=1S/C12H28N2O2S/c1-6-10(3)8-11(4)14-17(15,16)12(5)9-13-7-2/h10-14H,6-9H2,1-5H3. The van der Waals surface area contributed by atoms with E-state index in [4.69, 9.17) is 0 Å². The molecular weight excluding hydrogens is 236 g/mol. The predicted octanol–water partition coefficient (Wildman–Crippen LogP) is 1.73. The van der Waals surface area contributed by atoms with E-state index in [1.807, 2.05) is 13.8 Å². The molecule has 0 amide bonds. The summed E-state index contributed by atoms with van der Waals surface area (Å²) >= 11 is 0. The predicted molar refractivity (Wildman–Crippen MR) is 73.6 cm³/mol. The molecule has 104 valence electrons. The second-order valence-corrected chi connectivity index (χ2v) is 7.06. The van der Waals surface area contributed by atoms with Gasteiger partial charge in [0.15, 0.2) is 0 Å². The Morgan fingerprint density at radius 2 is 1.71 bits per heavy atom. The first kappa shape index (κ1) is 16.9. The molecule has 5 heteroatoms. The summed E-state index contributed by atoms with van der Waals surface area (Å²) in [6.07, 6.45) is 1.97. The van der Waals surface area contributed by atoms with Crippen molar-refractivity contribution in [3.8, 4) is 0 Å². The van der Waals surface area contributed by atoms with Crippen LogP contribution in [0.25, 0.3) is 0 Å². The minimum atomic E-state index is -3.20. The van der Waals surface area contributed by atoms with E-state index in [1.54, 1.807) is 6.92 Å². The highest BCUT2D eigenvalue weighted by Gasteiger charge is 2.22. The molecule has 0 fully saturated rings. The van der Waals surface area contributed by atoms with Gasteiger partial charge in [0.25, 0.3) is 0 Å². The van der Waals surface area contributed by atoms with E-state index < -0.39 is 10.0 Å². The molecule has 0 aliphatic rings. The number of hydrogen-bond acceptors (Lipinski definition) is 3. The summed E-state index contributed by atoms with van der Waals surface area (Å²) in [7, 11) is -3.20. The highest BCUT2D eigenvalue weighted by atomic mass is 32.2.